The predicted octanol–water partition coefficient (Wildman–Crippen LogP) is 2.99. The molecule has 0 bridgehead atoms. The van der Waals surface area contributed by atoms with E-state index in [0.29, 0.717) is 0 Å². The van der Waals surface area contributed by atoms with E-state index in [1.165, 1.54) is 19.3 Å². The molecule has 1 fully saturated rings. The van der Waals surface area contributed by atoms with Crippen LogP contribution in [0.5, 0.6) is 0 Å². The smallest absolute Gasteiger partial charge is 0.147 e. The van der Waals surface area contributed by atoms with E-state index in [1.807, 2.05) is 12.4 Å². The molecule has 0 aromatic carbocycles. The Kier molecular flexibility index (Phi) is 4.97. The molecule has 1 saturated heterocycles. The van der Waals surface area contributed by atoms with E-state index in [-0.39, 0.29) is 5.54 Å². The minimum Gasteiger partial charge on any atom is -0.355 e. The first-order valence-electron chi connectivity index (χ1n) is 7.75. The third-order valence-electron chi connectivity index (χ3n) is 3.81. The normalized spacial score (nSPS) is 20.8. The molecular weight excluding hydrogens is 248 g/mol. The predicted molar refractivity (Wildman–Crippen MR) is 83.9 cm³/mol. The first-order chi connectivity index (χ1) is 9.44. The summed E-state index contributed by atoms with van der Waals surface area (Å²) in [4.78, 5) is 11.5. The van der Waals surface area contributed by atoms with E-state index >= 15 is 0 Å². The molecule has 1 aromatic rings. The second-order valence-electron chi connectivity index (χ2n) is 7.00. The average Bonchev–Trinajstić information content (AvgIpc) is 2.61. The molecule has 0 radical (unpaired) electrons. The van der Waals surface area contributed by atoms with E-state index in [1.54, 1.807) is 0 Å². The zero-order chi connectivity index (χ0) is 14.6. The molecule has 20 heavy (non-hydrogen) atoms. The molecule has 4 nitrogen and oxygen atoms in total. The van der Waals surface area contributed by atoms with Gasteiger partial charge in [0.15, 0.2) is 0 Å². The highest BCUT2D eigenvalue weighted by atomic mass is 15.2. The van der Waals surface area contributed by atoms with Crippen molar-refractivity contribution in [2.24, 2.45) is 5.92 Å². The molecule has 2 heterocycles. The van der Waals surface area contributed by atoms with Gasteiger partial charge >= 0.3 is 0 Å². The van der Waals surface area contributed by atoms with Crippen LogP contribution in [-0.4, -0.2) is 28.6 Å². The monoisotopic (exact) mass is 276 g/mol. The molecule has 1 N–H and O–H groups in total. The van der Waals surface area contributed by atoms with E-state index in [0.717, 1.165) is 37.1 Å². The molecule has 112 valence electrons. The third kappa shape index (κ3) is 4.75. The Balaban J connectivity index is 2.01. The number of nitrogens with zero attached hydrogens (tertiary/aromatic N) is 3. The van der Waals surface area contributed by atoms with E-state index in [9.17, 15) is 0 Å². The molecule has 1 aliphatic rings. The number of nitrogens with one attached hydrogen (secondary N) is 1. The molecule has 0 aliphatic carbocycles. The number of rotatable bonds is 3. The lowest BCUT2D eigenvalue weighted by Crippen LogP contribution is -2.35. The Morgan fingerprint density at radius 3 is 2.80 bits per heavy atom. The van der Waals surface area contributed by atoms with Crippen molar-refractivity contribution < 1.29 is 0 Å². The highest BCUT2D eigenvalue weighted by Crippen LogP contribution is 2.20. The Morgan fingerprint density at radius 1 is 1.25 bits per heavy atom. The number of hydrogen-bond acceptors (Lipinski definition) is 4. The molecule has 0 amide bonds. The average molecular weight is 276 g/mol. The summed E-state index contributed by atoms with van der Waals surface area (Å²) in [5, 5.41) is 3.47. The van der Waals surface area contributed by atoms with Crippen LogP contribution in [0, 0.1) is 5.92 Å². The van der Waals surface area contributed by atoms with Crippen molar-refractivity contribution in [1.29, 1.82) is 0 Å². The quantitative estimate of drug-likeness (QED) is 0.921. The van der Waals surface area contributed by atoms with Crippen molar-refractivity contribution in [3.63, 3.8) is 0 Å². The summed E-state index contributed by atoms with van der Waals surface area (Å²) in [6.07, 6.45) is 7.61. The SMILES string of the molecule is CC1CCCN(c2cncc(CNC(C)(C)C)n2)CC1. The Bertz CT molecular complexity index is 425. The van der Waals surface area contributed by atoms with Gasteiger partial charge in [-0.1, -0.05) is 6.92 Å². The standard InChI is InChI=1S/C16H28N4/c1-13-6-5-8-20(9-7-13)15-12-17-10-14(19-15)11-18-16(2,3)4/h10,12-13,18H,5-9,11H2,1-4H3. The highest BCUT2D eigenvalue weighted by molar-refractivity contribution is 5.36. The van der Waals surface area contributed by atoms with Gasteiger partial charge in [0.05, 0.1) is 11.9 Å². The molecule has 1 aliphatic heterocycles. The lowest BCUT2D eigenvalue weighted by molar-refractivity contribution is 0.421. The van der Waals surface area contributed by atoms with Crippen molar-refractivity contribution in [2.45, 2.75) is 59.0 Å². The molecule has 0 spiro atoms. The Labute approximate surface area is 123 Å². The number of aromatic nitrogens is 2. The number of hydrogen-bond donors (Lipinski definition) is 1. The van der Waals surface area contributed by atoms with Crippen LogP contribution >= 0.6 is 0 Å². The van der Waals surface area contributed by atoms with Crippen LogP contribution in [0.4, 0.5) is 5.82 Å². The topological polar surface area (TPSA) is 41.1 Å². The van der Waals surface area contributed by atoms with E-state index < -0.39 is 0 Å². The highest BCUT2D eigenvalue weighted by Gasteiger charge is 2.16. The summed E-state index contributed by atoms with van der Waals surface area (Å²) in [5.74, 6) is 1.87. The zero-order valence-corrected chi connectivity index (χ0v) is 13.3. The fourth-order valence-corrected chi connectivity index (χ4v) is 2.48. The maximum atomic E-state index is 4.77. The Morgan fingerprint density at radius 2 is 2.05 bits per heavy atom. The molecule has 0 saturated carbocycles. The van der Waals surface area contributed by atoms with Crippen molar-refractivity contribution in [1.82, 2.24) is 15.3 Å². The minimum absolute atomic E-state index is 0.107. The number of anilines is 1. The summed E-state index contributed by atoms with van der Waals surface area (Å²) < 4.78 is 0. The zero-order valence-electron chi connectivity index (χ0n) is 13.3. The van der Waals surface area contributed by atoms with Crippen LogP contribution in [-0.2, 0) is 6.54 Å². The fraction of sp³-hybridized carbons (Fsp3) is 0.750. The van der Waals surface area contributed by atoms with Gasteiger partial charge < -0.3 is 10.2 Å². The van der Waals surface area contributed by atoms with Crippen molar-refractivity contribution in [3.8, 4) is 0 Å². The summed E-state index contributed by atoms with van der Waals surface area (Å²) in [6.45, 7) is 11.8. The van der Waals surface area contributed by atoms with Gasteiger partial charge in [-0.05, 0) is 46.0 Å². The molecule has 4 heteroatoms. The van der Waals surface area contributed by atoms with Crippen LogP contribution in [0.15, 0.2) is 12.4 Å². The lowest BCUT2D eigenvalue weighted by atomic mass is 10.0. The van der Waals surface area contributed by atoms with Gasteiger partial charge in [-0.15, -0.1) is 0 Å². The van der Waals surface area contributed by atoms with Crippen molar-refractivity contribution >= 4 is 5.82 Å². The van der Waals surface area contributed by atoms with Gasteiger partial charge in [0, 0.05) is 31.4 Å². The maximum absolute atomic E-state index is 4.77. The second kappa shape index (κ2) is 6.53. The minimum atomic E-state index is 0.107. The Hall–Kier alpha value is -1.16. The van der Waals surface area contributed by atoms with Gasteiger partial charge in [-0.25, -0.2) is 4.98 Å². The molecule has 1 unspecified atom stereocenters. The third-order valence-corrected chi connectivity index (χ3v) is 3.81. The summed E-state index contributed by atoms with van der Waals surface area (Å²) in [6, 6.07) is 0. The molecule has 2 rings (SSSR count). The van der Waals surface area contributed by atoms with Gasteiger partial charge in [-0.2, -0.15) is 0 Å². The summed E-state index contributed by atoms with van der Waals surface area (Å²) in [7, 11) is 0. The second-order valence-corrected chi connectivity index (χ2v) is 7.00. The van der Waals surface area contributed by atoms with E-state index in [4.69, 9.17) is 4.98 Å². The van der Waals surface area contributed by atoms with Crippen LogP contribution in [0.1, 0.15) is 52.7 Å². The maximum Gasteiger partial charge on any atom is 0.147 e. The summed E-state index contributed by atoms with van der Waals surface area (Å²) >= 11 is 0. The summed E-state index contributed by atoms with van der Waals surface area (Å²) in [5.41, 5.74) is 1.13. The van der Waals surface area contributed by atoms with Gasteiger partial charge in [0.25, 0.3) is 0 Å². The molecule has 1 aromatic heterocycles. The van der Waals surface area contributed by atoms with Gasteiger partial charge in [0.2, 0.25) is 0 Å². The van der Waals surface area contributed by atoms with Crippen LogP contribution in [0.2, 0.25) is 0 Å². The molecule has 1 atom stereocenters. The van der Waals surface area contributed by atoms with Crippen molar-refractivity contribution in [2.75, 3.05) is 18.0 Å². The molecular formula is C16H28N4. The lowest BCUT2D eigenvalue weighted by Gasteiger charge is -2.23. The van der Waals surface area contributed by atoms with Crippen LogP contribution in [0.25, 0.3) is 0 Å². The van der Waals surface area contributed by atoms with Crippen LogP contribution < -0.4 is 10.2 Å². The fourth-order valence-electron chi connectivity index (χ4n) is 2.48. The van der Waals surface area contributed by atoms with E-state index in [2.05, 4.69) is 42.9 Å². The van der Waals surface area contributed by atoms with Gasteiger partial charge in [-0.3, -0.25) is 4.98 Å². The first-order valence-corrected chi connectivity index (χ1v) is 7.75. The largest absolute Gasteiger partial charge is 0.355 e. The first kappa shape index (κ1) is 15.2. The van der Waals surface area contributed by atoms with Crippen LogP contribution in [0.3, 0.4) is 0 Å². The van der Waals surface area contributed by atoms with Gasteiger partial charge in [0.1, 0.15) is 5.82 Å². The van der Waals surface area contributed by atoms with Crippen molar-refractivity contribution in [3.05, 3.63) is 18.1 Å².